The number of nitrogens with zero attached hydrogens (tertiary/aromatic N) is 8. The Hall–Kier alpha value is -3.80. The fraction of sp³-hybridized carbons (Fsp3) is 0.625. The molecule has 0 aliphatic carbocycles. The van der Waals surface area contributed by atoms with Crippen molar-refractivity contribution in [3.8, 4) is 0 Å². The van der Waals surface area contributed by atoms with Crippen molar-refractivity contribution in [2.45, 2.75) is 90.4 Å². The lowest BCUT2D eigenvalue weighted by Gasteiger charge is -2.39. The van der Waals surface area contributed by atoms with Crippen LogP contribution in [0.2, 0.25) is 0 Å². The fourth-order valence-corrected chi connectivity index (χ4v) is 7.08. The number of rotatable bonds is 3. The van der Waals surface area contributed by atoms with Gasteiger partial charge < -0.3 is 19.3 Å². The van der Waals surface area contributed by atoms with Crippen LogP contribution in [0, 0.1) is 5.41 Å². The molecule has 12 heteroatoms. The molecule has 4 aliphatic heterocycles. The first-order valence-electron chi connectivity index (χ1n) is 16.0. The summed E-state index contributed by atoms with van der Waals surface area (Å²) in [4.78, 5) is 46.2. The van der Waals surface area contributed by atoms with Gasteiger partial charge in [0.2, 0.25) is 5.91 Å². The molecule has 4 aliphatic rings. The van der Waals surface area contributed by atoms with E-state index in [4.69, 9.17) is 29.5 Å². The number of amides is 2. The fourth-order valence-electron chi connectivity index (χ4n) is 7.08. The third-order valence-electron chi connectivity index (χ3n) is 9.50. The smallest absolute Gasteiger partial charge is 0.417 e. The highest BCUT2D eigenvalue weighted by Crippen LogP contribution is 2.43. The molecule has 234 valence electrons. The van der Waals surface area contributed by atoms with Gasteiger partial charge in [0.25, 0.3) is 0 Å². The number of carbonyl (C=O) groups is 2. The zero-order valence-corrected chi connectivity index (χ0v) is 26.2. The summed E-state index contributed by atoms with van der Waals surface area (Å²) in [7, 11) is 0. The highest BCUT2D eigenvalue weighted by Gasteiger charge is 2.48. The van der Waals surface area contributed by atoms with Crippen molar-refractivity contribution in [1.82, 2.24) is 29.6 Å². The number of hydrogen-bond donors (Lipinski definition) is 0. The average Bonchev–Trinajstić information content (AvgIpc) is 3.55. The van der Waals surface area contributed by atoms with E-state index >= 15 is 0 Å². The second-order valence-electron chi connectivity index (χ2n) is 13.9. The van der Waals surface area contributed by atoms with Crippen LogP contribution in [0.5, 0.6) is 0 Å². The van der Waals surface area contributed by atoms with Gasteiger partial charge in [-0.3, -0.25) is 9.78 Å². The molecule has 0 aromatic carbocycles. The van der Waals surface area contributed by atoms with Gasteiger partial charge in [0.15, 0.2) is 23.2 Å². The average molecular weight is 603 g/mol. The van der Waals surface area contributed by atoms with Gasteiger partial charge >= 0.3 is 6.09 Å². The summed E-state index contributed by atoms with van der Waals surface area (Å²) in [5, 5.41) is 5.12. The van der Waals surface area contributed by atoms with Crippen LogP contribution in [0.15, 0.2) is 24.5 Å². The third-order valence-corrected chi connectivity index (χ3v) is 9.50. The molecule has 3 saturated heterocycles. The zero-order chi connectivity index (χ0) is 30.6. The van der Waals surface area contributed by atoms with E-state index in [2.05, 4.69) is 22.8 Å². The van der Waals surface area contributed by atoms with Crippen molar-refractivity contribution in [1.29, 1.82) is 0 Å². The molecule has 2 amide bonds. The largest absolute Gasteiger partial charge is 0.443 e. The summed E-state index contributed by atoms with van der Waals surface area (Å²) in [6.07, 6.45) is 8.89. The standard InChI is InChI=1S/C32H42N8O4/c1-21-10-14-38(22-8-7-13-33-26(21)22)29-27-28(40(36-29)25-9-5-6-17-43-25)35-23(19-34-27)37-15-11-32(12-16-37)18-24(41)39(20-32)30(42)44-31(2,3)4/h7-8,13,19,21,25H,5-6,9-12,14-18,20H2,1-4H3. The van der Waals surface area contributed by atoms with Crippen LogP contribution in [0.1, 0.15) is 90.5 Å². The number of pyridine rings is 1. The first kappa shape index (κ1) is 28.9. The van der Waals surface area contributed by atoms with Crippen LogP contribution in [0.3, 0.4) is 0 Å². The van der Waals surface area contributed by atoms with Crippen LogP contribution in [0.4, 0.5) is 22.1 Å². The number of fused-ring (bicyclic) bond motifs is 2. The summed E-state index contributed by atoms with van der Waals surface area (Å²) in [6, 6.07) is 4.09. The normalized spacial score (nSPS) is 23.8. The first-order chi connectivity index (χ1) is 21.1. The topological polar surface area (TPSA) is 119 Å². The maximum atomic E-state index is 12.8. The predicted octanol–water partition coefficient (Wildman–Crippen LogP) is 5.32. The van der Waals surface area contributed by atoms with Crippen molar-refractivity contribution < 1.29 is 19.1 Å². The molecule has 0 radical (unpaired) electrons. The lowest BCUT2D eigenvalue weighted by Crippen LogP contribution is -2.43. The maximum absolute atomic E-state index is 12.8. The quantitative estimate of drug-likeness (QED) is 0.390. The van der Waals surface area contributed by atoms with E-state index in [0.717, 1.165) is 92.3 Å². The van der Waals surface area contributed by atoms with Crippen molar-refractivity contribution in [2.24, 2.45) is 5.41 Å². The van der Waals surface area contributed by atoms with Crippen LogP contribution in [-0.2, 0) is 14.3 Å². The van der Waals surface area contributed by atoms with Gasteiger partial charge in [-0.25, -0.2) is 24.3 Å². The molecule has 44 heavy (non-hydrogen) atoms. The van der Waals surface area contributed by atoms with Crippen molar-refractivity contribution in [3.63, 3.8) is 0 Å². The number of aromatic nitrogens is 5. The van der Waals surface area contributed by atoms with Gasteiger partial charge in [0.05, 0.1) is 17.6 Å². The Labute approximate surface area is 257 Å². The summed E-state index contributed by atoms with van der Waals surface area (Å²) < 4.78 is 13.6. The minimum atomic E-state index is -0.643. The minimum Gasteiger partial charge on any atom is -0.443 e. The van der Waals surface area contributed by atoms with Crippen LogP contribution < -0.4 is 9.80 Å². The summed E-state index contributed by atoms with van der Waals surface area (Å²) in [5.41, 5.74) is 2.75. The van der Waals surface area contributed by atoms with E-state index in [1.807, 2.05) is 43.9 Å². The number of hydrogen-bond acceptors (Lipinski definition) is 10. The molecule has 0 saturated carbocycles. The minimum absolute atomic E-state index is 0.151. The lowest BCUT2D eigenvalue weighted by atomic mass is 9.77. The van der Waals surface area contributed by atoms with E-state index < -0.39 is 11.7 Å². The molecule has 3 fully saturated rings. The van der Waals surface area contributed by atoms with E-state index in [-0.39, 0.29) is 17.6 Å². The molecule has 0 bridgehead atoms. The van der Waals surface area contributed by atoms with Gasteiger partial charge in [-0.05, 0) is 71.4 Å². The number of piperidine rings is 1. The van der Waals surface area contributed by atoms with E-state index in [1.165, 1.54) is 4.90 Å². The number of likely N-dealkylation sites (tertiary alicyclic amines) is 1. The van der Waals surface area contributed by atoms with Crippen molar-refractivity contribution in [3.05, 3.63) is 30.2 Å². The molecule has 3 aromatic heterocycles. The highest BCUT2D eigenvalue weighted by molar-refractivity contribution is 5.94. The number of carbonyl (C=O) groups excluding carboxylic acids is 2. The van der Waals surface area contributed by atoms with Gasteiger partial charge in [-0.15, -0.1) is 5.10 Å². The summed E-state index contributed by atoms with van der Waals surface area (Å²) in [5.74, 6) is 1.81. The Balaban J connectivity index is 1.16. The van der Waals surface area contributed by atoms with Gasteiger partial charge in [-0.1, -0.05) is 6.92 Å². The molecule has 2 atom stereocenters. The Morgan fingerprint density at radius 1 is 1.11 bits per heavy atom. The molecular formula is C32H42N8O4. The molecule has 2 unspecified atom stereocenters. The number of imide groups is 1. The summed E-state index contributed by atoms with van der Waals surface area (Å²) >= 11 is 0. The molecule has 3 aromatic rings. The molecule has 0 N–H and O–H groups in total. The Morgan fingerprint density at radius 3 is 2.68 bits per heavy atom. The van der Waals surface area contributed by atoms with Crippen LogP contribution in [-0.4, -0.2) is 80.0 Å². The molecular weight excluding hydrogens is 560 g/mol. The first-order valence-corrected chi connectivity index (χ1v) is 16.0. The van der Waals surface area contributed by atoms with Gasteiger partial charge in [0, 0.05) is 56.7 Å². The Kier molecular flexibility index (Phi) is 7.22. The third kappa shape index (κ3) is 5.27. The highest BCUT2D eigenvalue weighted by atomic mass is 16.6. The maximum Gasteiger partial charge on any atom is 0.417 e. The second-order valence-corrected chi connectivity index (χ2v) is 13.9. The number of ether oxygens (including phenoxy) is 2. The van der Waals surface area contributed by atoms with E-state index in [9.17, 15) is 9.59 Å². The SMILES string of the molecule is CC1CCN(c2nn(C3CCCCO3)c3nc(N4CCC5(CC4)CC(=O)N(C(=O)OC(C)(C)C)C5)cnc23)c2cccnc21. The van der Waals surface area contributed by atoms with E-state index in [0.29, 0.717) is 25.5 Å². The number of anilines is 3. The molecule has 7 heterocycles. The molecule has 12 nitrogen and oxygen atoms in total. The van der Waals surface area contributed by atoms with Crippen molar-refractivity contribution >= 4 is 40.5 Å². The Morgan fingerprint density at radius 2 is 1.93 bits per heavy atom. The predicted molar refractivity (Wildman–Crippen MR) is 165 cm³/mol. The molecule has 7 rings (SSSR count). The summed E-state index contributed by atoms with van der Waals surface area (Å²) in [6.45, 7) is 11.0. The second kappa shape index (κ2) is 11.0. The van der Waals surface area contributed by atoms with Gasteiger partial charge in [-0.2, -0.15) is 0 Å². The van der Waals surface area contributed by atoms with Crippen LogP contribution >= 0.6 is 0 Å². The van der Waals surface area contributed by atoms with E-state index in [1.54, 1.807) is 0 Å². The zero-order valence-electron chi connectivity index (χ0n) is 26.2. The Bertz CT molecular complexity index is 1570. The van der Waals surface area contributed by atoms with Crippen molar-refractivity contribution in [2.75, 3.05) is 42.6 Å². The lowest BCUT2D eigenvalue weighted by molar-refractivity contribution is -0.127. The monoisotopic (exact) mass is 602 g/mol. The van der Waals surface area contributed by atoms with Crippen LogP contribution in [0.25, 0.3) is 11.2 Å². The van der Waals surface area contributed by atoms with Gasteiger partial charge in [0.1, 0.15) is 11.4 Å². The molecule has 1 spiro atoms.